The van der Waals surface area contributed by atoms with Crippen LogP contribution in [0.5, 0.6) is 0 Å². The number of esters is 1. The van der Waals surface area contributed by atoms with Gasteiger partial charge in [0.05, 0.1) is 17.9 Å². The number of allylic oxidation sites excluding steroid dienone is 3. The molecule has 2 unspecified atom stereocenters. The van der Waals surface area contributed by atoms with Gasteiger partial charge in [-0.25, -0.2) is 0 Å². The Kier molecular flexibility index (Phi) is 36.1. The van der Waals surface area contributed by atoms with E-state index in [0.29, 0.717) is 29.9 Å². The second-order valence-electron chi connectivity index (χ2n) is 17.8. The van der Waals surface area contributed by atoms with E-state index in [1.54, 1.807) is 0 Å². The normalized spacial score (nSPS) is 13.9. The molecular formula is C52H97N3O4. The molecule has 0 heterocycles. The van der Waals surface area contributed by atoms with Crippen LogP contribution in [-0.4, -0.2) is 68.2 Å². The second kappa shape index (κ2) is 38.8. The minimum Gasteiger partial charge on any atom is -0.462 e. The molecule has 2 N–H and O–H groups in total. The number of hydrogen-bond acceptors (Lipinski definition) is 7. The Morgan fingerprint density at radius 2 is 1.14 bits per heavy atom. The number of nitrogens with one attached hydrogen (secondary N) is 2. The van der Waals surface area contributed by atoms with Gasteiger partial charge in [-0.3, -0.25) is 9.59 Å². The zero-order valence-corrected chi connectivity index (χ0v) is 39.8. The van der Waals surface area contributed by atoms with Gasteiger partial charge in [-0.05, 0) is 110 Å². The molecule has 0 bridgehead atoms. The van der Waals surface area contributed by atoms with Gasteiger partial charge in [0.2, 0.25) is 5.78 Å². The van der Waals surface area contributed by atoms with Crippen molar-refractivity contribution in [1.82, 2.24) is 15.5 Å². The Morgan fingerprint density at radius 1 is 0.644 bits per heavy atom. The summed E-state index contributed by atoms with van der Waals surface area (Å²) in [6.07, 6.45) is 40.8. The van der Waals surface area contributed by atoms with Crippen LogP contribution in [0.15, 0.2) is 36.2 Å². The zero-order valence-electron chi connectivity index (χ0n) is 39.8. The highest BCUT2D eigenvalue weighted by molar-refractivity contribution is 6.18. The first kappa shape index (κ1) is 54.9. The molecule has 0 aromatic carbocycles. The maximum Gasteiger partial charge on any atom is 0.306 e. The molecule has 344 valence electrons. The summed E-state index contributed by atoms with van der Waals surface area (Å²) in [5.41, 5.74) is 2.12. The van der Waals surface area contributed by atoms with Gasteiger partial charge in [0.1, 0.15) is 11.8 Å². The summed E-state index contributed by atoms with van der Waals surface area (Å²) in [6.45, 7) is 20.8. The van der Waals surface area contributed by atoms with E-state index in [9.17, 15) is 9.59 Å². The third kappa shape index (κ3) is 28.9. The number of carbonyl (C=O) groups is 2. The van der Waals surface area contributed by atoms with Crippen molar-refractivity contribution >= 4 is 11.8 Å². The average molecular weight is 828 g/mol. The smallest absolute Gasteiger partial charge is 0.306 e. The molecule has 1 aliphatic carbocycles. The van der Waals surface area contributed by atoms with Gasteiger partial charge in [0.15, 0.2) is 0 Å². The maximum absolute atomic E-state index is 12.8. The van der Waals surface area contributed by atoms with Crippen LogP contribution < -0.4 is 10.6 Å². The summed E-state index contributed by atoms with van der Waals surface area (Å²) < 4.78 is 12.5. The molecule has 0 saturated heterocycles. The van der Waals surface area contributed by atoms with Gasteiger partial charge in [-0.15, -0.1) is 6.58 Å². The van der Waals surface area contributed by atoms with Crippen molar-refractivity contribution in [3.05, 3.63) is 36.2 Å². The fourth-order valence-corrected chi connectivity index (χ4v) is 8.43. The SMILES string of the molecule is C=CCCCCCCC(CC)OC(C)CCCCCCCN(CCCCCCCC(=O)OC(CCCCCCC)CCCCCCC)CCCNC1=C(NC)C(=C)C1=O. The topological polar surface area (TPSA) is 79.9 Å². The van der Waals surface area contributed by atoms with Crippen molar-refractivity contribution in [2.24, 2.45) is 0 Å². The summed E-state index contributed by atoms with van der Waals surface area (Å²) in [7, 11) is 1.85. The van der Waals surface area contributed by atoms with Crippen LogP contribution in [0.4, 0.5) is 0 Å². The molecule has 0 fully saturated rings. The van der Waals surface area contributed by atoms with E-state index in [4.69, 9.17) is 9.47 Å². The molecule has 0 aromatic heterocycles. The predicted molar refractivity (Wildman–Crippen MR) is 254 cm³/mol. The van der Waals surface area contributed by atoms with E-state index >= 15 is 0 Å². The van der Waals surface area contributed by atoms with E-state index in [2.05, 4.69) is 56.4 Å². The predicted octanol–water partition coefficient (Wildman–Crippen LogP) is 13.9. The molecule has 1 aliphatic rings. The van der Waals surface area contributed by atoms with E-state index in [1.165, 1.54) is 148 Å². The molecule has 7 heteroatoms. The second-order valence-corrected chi connectivity index (χ2v) is 17.8. The number of Topliss-reactive ketones (excluding diaryl/α,β-unsaturated/α-hetero) is 1. The molecule has 2 atom stereocenters. The van der Waals surface area contributed by atoms with Gasteiger partial charge < -0.3 is 25.0 Å². The molecule has 0 amide bonds. The van der Waals surface area contributed by atoms with Gasteiger partial charge in [-0.1, -0.05) is 149 Å². The van der Waals surface area contributed by atoms with Crippen molar-refractivity contribution in [3.8, 4) is 0 Å². The van der Waals surface area contributed by atoms with E-state index in [1.807, 2.05) is 13.1 Å². The molecule has 0 aliphatic heterocycles. The fraction of sp³-hybridized carbons (Fsp3) is 0.846. The number of carbonyl (C=O) groups excluding carboxylic acids is 2. The van der Waals surface area contributed by atoms with Crippen molar-refractivity contribution in [1.29, 1.82) is 0 Å². The Hall–Kier alpha value is -2.12. The average Bonchev–Trinajstić information content (AvgIpc) is 3.23. The van der Waals surface area contributed by atoms with Crippen LogP contribution in [0.25, 0.3) is 0 Å². The van der Waals surface area contributed by atoms with Crippen LogP contribution in [0.1, 0.15) is 233 Å². The summed E-state index contributed by atoms with van der Waals surface area (Å²) in [6, 6.07) is 0. The summed E-state index contributed by atoms with van der Waals surface area (Å²) in [5, 5.41) is 6.47. The number of ketones is 1. The molecule has 0 radical (unpaired) electrons. The Balaban J connectivity index is 2.39. The molecule has 59 heavy (non-hydrogen) atoms. The summed E-state index contributed by atoms with van der Waals surface area (Å²) >= 11 is 0. The van der Waals surface area contributed by atoms with E-state index < -0.39 is 0 Å². The Morgan fingerprint density at radius 3 is 1.69 bits per heavy atom. The minimum absolute atomic E-state index is 0.0203. The first-order valence-electron chi connectivity index (χ1n) is 25.4. The molecule has 1 rings (SSSR count). The number of nitrogens with zero attached hydrogens (tertiary/aromatic N) is 1. The number of likely N-dealkylation sites (N-methyl/N-ethyl adjacent to an activating group) is 1. The summed E-state index contributed by atoms with van der Waals surface area (Å²) in [5.74, 6) is 0.0541. The third-order valence-electron chi connectivity index (χ3n) is 12.3. The van der Waals surface area contributed by atoms with Crippen LogP contribution in [0.2, 0.25) is 0 Å². The molecule has 7 nitrogen and oxygen atoms in total. The zero-order chi connectivity index (χ0) is 43.2. The summed E-state index contributed by atoms with van der Waals surface area (Å²) in [4.78, 5) is 27.7. The van der Waals surface area contributed by atoms with Gasteiger partial charge >= 0.3 is 5.97 Å². The highest BCUT2D eigenvalue weighted by Gasteiger charge is 2.30. The van der Waals surface area contributed by atoms with Crippen LogP contribution in [0.3, 0.4) is 0 Å². The Labute approximate surface area is 366 Å². The molecular weight excluding hydrogens is 731 g/mol. The van der Waals surface area contributed by atoms with Crippen molar-refractivity contribution in [2.75, 3.05) is 33.2 Å². The quantitative estimate of drug-likeness (QED) is 0.0274. The molecule has 0 spiro atoms. The van der Waals surface area contributed by atoms with Crippen LogP contribution in [-0.2, 0) is 19.1 Å². The minimum atomic E-state index is 0.0203. The van der Waals surface area contributed by atoms with Gasteiger partial charge in [0, 0.05) is 25.6 Å². The lowest BCUT2D eigenvalue weighted by molar-refractivity contribution is -0.150. The first-order valence-corrected chi connectivity index (χ1v) is 25.4. The van der Waals surface area contributed by atoms with Crippen LogP contribution >= 0.6 is 0 Å². The maximum atomic E-state index is 12.8. The molecule has 0 saturated carbocycles. The lowest BCUT2D eigenvalue weighted by atomic mass is 9.93. The monoisotopic (exact) mass is 828 g/mol. The van der Waals surface area contributed by atoms with E-state index in [-0.39, 0.29) is 17.9 Å². The largest absolute Gasteiger partial charge is 0.462 e. The standard InChI is InChI=1S/C52H97N3O4/c1-8-12-15-18-24-29-37-47(11-4)58-45(5)36-28-23-19-26-33-42-55(44-35-41-54-51-50(53-7)46(6)52(51)57)43-34-27-20-25-32-40-49(56)59-48(38-30-21-16-13-9-2)39-31-22-17-14-10-3/h8,45,47-48,53-54H,1,6,9-44H2,2-5,7H3. The number of unbranched alkanes of at least 4 members (excludes halogenated alkanes) is 20. The lowest BCUT2D eigenvalue weighted by Gasteiger charge is -2.26. The number of hydrogen-bond donors (Lipinski definition) is 2. The fourth-order valence-electron chi connectivity index (χ4n) is 8.43. The number of ether oxygens (including phenoxy) is 2. The Bertz CT molecular complexity index is 1080. The number of rotatable bonds is 45. The highest BCUT2D eigenvalue weighted by atomic mass is 16.5. The molecule has 0 aromatic rings. The van der Waals surface area contributed by atoms with Crippen molar-refractivity contribution in [2.45, 2.75) is 251 Å². The van der Waals surface area contributed by atoms with Crippen LogP contribution in [0, 0.1) is 0 Å². The van der Waals surface area contributed by atoms with Crippen molar-refractivity contribution < 1.29 is 19.1 Å². The van der Waals surface area contributed by atoms with E-state index in [0.717, 1.165) is 83.2 Å². The van der Waals surface area contributed by atoms with Crippen molar-refractivity contribution in [3.63, 3.8) is 0 Å². The lowest BCUT2D eigenvalue weighted by Crippen LogP contribution is -2.38. The van der Waals surface area contributed by atoms with Gasteiger partial charge in [-0.2, -0.15) is 0 Å². The van der Waals surface area contributed by atoms with Gasteiger partial charge in [0.25, 0.3) is 0 Å². The third-order valence-corrected chi connectivity index (χ3v) is 12.3. The highest BCUT2D eigenvalue weighted by Crippen LogP contribution is 2.24. The first-order chi connectivity index (χ1) is 28.8.